The maximum atomic E-state index is 13.6. The topological polar surface area (TPSA) is 104 Å². The van der Waals surface area contributed by atoms with Gasteiger partial charge in [-0.2, -0.15) is 0 Å². The molecule has 0 aliphatic carbocycles. The molecule has 2 N–H and O–H groups in total. The van der Waals surface area contributed by atoms with Crippen molar-refractivity contribution in [3.63, 3.8) is 0 Å². The number of benzene rings is 2. The van der Waals surface area contributed by atoms with Crippen molar-refractivity contribution >= 4 is 51.7 Å². The van der Waals surface area contributed by atoms with Crippen LogP contribution in [0.25, 0.3) is 0 Å². The highest BCUT2D eigenvalue weighted by atomic mass is 32.2. The van der Waals surface area contributed by atoms with Gasteiger partial charge in [0, 0.05) is 6.42 Å². The standard InChI is InChI=1S/C27H24N2O5S2/c30-24(22(14-16-6-2-1-3-7-16)36-27(34)21-10-5-13-35-21)28-19-12-11-17-8-4-9-18-15-20(26(32)33)29(23(17)18)25(19)31/h1-10,13,19-20,22H,11-12,14-15H2,(H,28,30)(H,32,33)/t19?,20-,22-/m0/s1. The average Bonchev–Trinajstić information content (AvgIpc) is 3.52. The molecule has 0 radical (unpaired) electrons. The van der Waals surface area contributed by atoms with E-state index in [0.717, 1.165) is 28.5 Å². The van der Waals surface area contributed by atoms with E-state index < -0.39 is 35.1 Å². The van der Waals surface area contributed by atoms with Crippen molar-refractivity contribution < 1.29 is 24.3 Å². The third-order valence-electron chi connectivity index (χ3n) is 6.54. The van der Waals surface area contributed by atoms with Gasteiger partial charge in [0.25, 0.3) is 0 Å². The zero-order chi connectivity index (χ0) is 25.2. The van der Waals surface area contributed by atoms with Crippen LogP contribution in [0.4, 0.5) is 5.69 Å². The van der Waals surface area contributed by atoms with E-state index in [0.29, 0.717) is 29.8 Å². The molecule has 5 rings (SSSR count). The highest BCUT2D eigenvalue weighted by molar-refractivity contribution is 8.15. The minimum absolute atomic E-state index is 0.198. The van der Waals surface area contributed by atoms with Gasteiger partial charge < -0.3 is 10.4 Å². The maximum Gasteiger partial charge on any atom is 0.327 e. The molecule has 36 heavy (non-hydrogen) atoms. The predicted octanol–water partition coefficient (Wildman–Crippen LogP) is 3.71. The Bertz CT molecular complexity index is 1310. The van der Waals surface area contributed by atoms with E-state index in [4.69, 9.17) is 0 Å². The number of aliphatic carboxylic acids is 1. The van der Waals surface area contributed by atoms with Gasteiger partial charge in [-0.25, -0.2) is 4.79 Å². The molecule has 1 unspecified atom stereocenters. The summed E-state index contributed by atoms with van der Waals surface area (Å²) < 4.78 is 0. The molecule has 3 atom stereocenters. The van der Waals surface area contributed by atoms with Crippen LogP contribution in [0.5, 0.6) is 0 Å². The Balaban J connectivity index is 1.39. The number of anilines is 1. The van der Waals surface area contributed by atoms with Crippen LogP contribution in [-0.2, 0) is 33.6 Å². The van der Waals surface area contributed by atoms with Crippen molar-refractivity contribution in [1.82, 2.24) is 5.32 Å². The minimum atomic E-state index is -1.07. The van der Waals surface area contributed by atoms with Gasteiger partial charge in [-0.05, 0) is 47.4 Å². The monoisotopic (exact) mass is 520 g/mol. The summed E-state index contributed by atoms with van der Waals surface area (Å²) in [6.45, 7) is 0. The van der Waals surface area contributed by atoms with Crippen LogP contribution in [0.2, 0.25) is 0 Å². The Labute approximate surface area is 216 Å². The van der Waals surface area contributed by atoms with Gasteiger partial charge >= 0.3 is 5.97 Å². The molecule has 3 aromatic rings. The van der Waals surface area contributed by atoms with Crippen molar-refractivity contribution in [3.8, 4) is 0 Å². The summed E-state index contributed by atoms with van der Waals surface area (Å²) in [5.41, 5.74) is 3.30. The molecular formula is C27H24N2O5S2. The summed E-state index contributed by atoms with van der Waals surface area (Å²) in [5, 5.41) is 13.5. The number of nitrogens with zero attached hydrogens (tertiary/aromatic N) is 1. The first-order chi connectivity index (χ1) is 17.4. The number of aryl methyl sites for hydroxylation is 1. The van der Waals surface area contributed by atoms with Crippen molar-refractivity contribution in [2.24, 2.45) is 0 Å². The number of hydrogen-bond donors (Lipinski definition) is 2. The quantitative estimate of drug-likeness (QED) is 0.492. The molecule has 0 saturated heterocycles. The summed E-state index contributed by atoms with van der Waals surface area (Å²) in [7, 11) is 0. The lowest BCUT2D eigenvalue weighted by Crippen LogP contribution is -2.53. The number of hydrogen-bond acceptors (Lipinski definition) is 6. The van der Waals surface area contributed by atoms with E-state index >= 15 is 0 Å². The van der Waals surface area contributed by atoms with Crippen LogP contribution in [0.3, 0.4) is 0 Å². The molecule has 1 aromatic heterocycles. The first kappa shape index (κ1) is 24.3. The van der Waals surface area contributed by atoms with Gasteiger partial charge in [-0.15, -0.1) is 11.3 Å². The summed E-state index contributed by atoms with van der Waals surface area (Å²) in [5.74, 6) is -1.91. The smallest absolute Gasteiger partial charge is 0.327 e. The number of carbonyl (C=O) groups excluding carboxylic acids is 3. The second kappa shape index (κ2) is 10.3. The number of para-hydroxylation sites is 1. The normalized spacial score (nSPS) is 19.3. The third-order valence-corrected chi connectivity index (χ3v) is 8.63. The molecule has 2 amide bonds. The number of carboxylic acid groups (broad SMARTS) is 1. The number of carbonyl (C=O) groups is 4. The van der Waals surface area contributed by atoms with Gasteiger partial charge in [-0.1, -0.05) is 66.4 Å². The average molecular weight is 521 g/mol. The van der Waals surface area contributed by atoms with Crippen LogP contribution in [0.15, 0.2) is 66.0 Å². The van der Waals surface area contributed by atoms with Gasteiger partial charge in [0.1, 0.15) is 12.1 Å². The number of nitrogens with one attached hydrogen (secondary N) is 1. The van der Waals surface area contributed by atoms with Gasteiger partial charge in [0.2, 0.25) is 16.9 Å². The number of thiophene rings is 1. The second-order valence-corrected chi connectivity index (χ2v) is 11.0. The molecule has 3 heterocycles. The molecule has 0 saturated carbocycles. The largest absolute Gasteiger partial charge is 0.480 e. The maximum absolute atomic E-state index is 13.6. The Morgan fingerprint density at radius 2 is 1.83 bits per heavy atom. The van der Waals surface area contributed by atoms with Crippen molar-refractivity contribution in [3.05, 3.63) is 87.6 Å². The zero-order valence-corrected chi connectivity index (χ0v) is 20.9. The van der Waals surface area contributed by atoms with Crippen LogP contribution in [0, 0.1) is 0 Å². The molecule has 184 valence electrons. The second-order valence-electron chi connectivity index (χ2n) is 8.85. The van der Waals surface area contributed by atoms with E-state index in [2.05, 4.69) is 5.32 Å². The molecule has 2 aliphatic heterocycles. The molecule has 2 aromatic carbocycles. The van der Waals surface area contributed by atoms with Crippen LogP contribution in [0.1, 0.15) is 32.8 Å². The van der Waals surface area contributed by atoms with Gasteiger partial charge in [-0.3, -0.25) is 19.3 Å². The van der Waals surface area contributed by atoms with Crippen molar-refractivity contribution in [2.75, 3.05) is 4.90 Å². The van der Waals surface area contributed by atoms with E-state index in [9.17, 15) is 24.3 Å². The molecule has 0 spiro atoms. The van der Waals surface area contributed by atoms with Crippen LogP contribution < -0.4 is 10.2 Å². The number of rotatable bonds is 7. The lowest BCUT2D eigenvalue weighted by molar-refractivity contribution is -0.140. The fourth-order valence-electron chi connectivity index (χ4n) is 4.83. The first-order valence-corrected chi connectivity index (χ1v) is 13.4. The lowest BCUT2D eigenvalue weighted by Gasteiger charge is -2.27. The number of thioether (sulfide) groups is 1. The number of carboxylic acids is 1. The highest BCUT2D eigenvalue weighted by Gasteiger charge is 2.44. The molecule has 0 bridgehead atoms. The Kier molecular flexibility index (Phi) is 6.93. The molecule has 0 fully saturated rings. The molecule has 2 aliphatic rings. The molecule has 7 nitrogen and oxygen atoms in total. The Morgan fingerprint density at radius 3 is 2.56 bits per heavy atom. The Hall–Kier alpha value is -3.43. The van der Waals surface area contributed by atoms with Crippen LogP contribution >= 0.6 is 23.1 Å². The fraction of sp³-hybridized carbons (Fsp3) is 0.259. The molecule has 9 heteroatoms. The lowest BCUT2D eigenvalue weighted by atomic mass is 10.0. The first-order valence-electron chi connectivity index (χ1n) is 11.7. The van der Waals surface area contributed by atoms with E-state index in [1.54, 1.807) is 12.1 Å². The summed E-state index contributed by atoms with van der Waals surface area (Å²) in [4.78, 5) is 53.8. The summed E-state index contributed by atoms with van der Waals surface area (Å²) in [6.07, 6.45) is 1.45. The predicted molar refractivity (Wildman–Crippen MR) is 139 cm³/mol. The van der Waals surface area contributed by atoms with E-state index in [-0.39, 0.29) is 11.5 Å². The van der Waals surface area contributed by atoms with Gasteiger partial charge in [0.15, 0.2) is 0 Å². The number of amides is 2. The third kappa shape index (κ3) is 4.81. The highest BCUT2D eigenvalue weighted by Crippen LogP contribution is 2.39. The minimum Gasteiger partial charge on any atom is -0.480 e. The zero-order valence-electron chi connectivity index (χ0n) is 19.3. The fourth-order valence-corrected chi connectivity index (χ4v) is 6.56. The van der Waals surface area contributed by atoms with E-state index in [1.807, 2.05) is 53.9 Å². The van der Waals surface area contributed by atoms with Crippen LogP contribution in [-0.4, -0.2) is 45.3 Å². The summed E-state index contributed by atoms with van der Waals surface area (Å²) >= 11 is 2.27. The van der Waals surface area contributed by atoms with Crippen molar-refractivity contribution in [1.29, 1.82) is 0 Å². The summed E-state index contributed by atoms with van der Waals surface area (Å²) in [6, 6.07) is 16.7. The Morgan fingerprint density at radius 1 is 1.06 bits per heavy atom. The molecular weight excluding hydrogens is 496 g/mol. The van der Waals surface area contributed by atoms with Gasteiger partial charge in [0.05, 0.1) is 15.8 Å². The van der Waals surface area contributed by atoms with E-state index in [1.165, 1.54) is 16.2 Å². The van der Waals surface area contributed by atoms with Crippen molar-refractivity contribution in [2.45, 2.75) is 43.0 Å². The SMILES string of the molecule is O=C(S[C@@H](Cc1ccccc1)C(=O)NC1CCc2cccc3c2N(C1=O)[C@H](C(=O)O)C3)c1cccs1.